The molecule has 3 heterocycles. The summed E-state index contributed by atoms with van der Waals surface area (Å²) in [5.41, 5.74) is 8.49. The van der Waals surface area contributed by atoms with Crippen molar-refractivity contribution in [1.82, 2.24) is 14.3 Å². The van der Waals surface area contributed by atoms with Gasteiger partial charge in [0.25, 0.3) is 0 Å². The van der Waals surface area contributed by atoms with E-state index in [0.717, 1.165) is 30.9 Å². The first-order chi connectivity index (χ1) is 11.1. The molecule has 0 radical (unpaired) electrons. The SMILES string of the molecule is Cc1ccc2nc(-c3ccc4c(c3)CCN4)c(CN(C)C)n2c1. The van der Waals surface area contributed by atoms with Crippen LogP contribution in [0.1, 0.15) is 16.8 Å². The highest BCUT2D eigenvalue weighted by Crippen LogP contribution is 2.31. The number of hydrogen-bond donors (Lipinski definition) is 1. The van der Waals surface area contributed by atoms with Crippen molar-refractivity contribution in [3.8, 4) is 11.3 Å². The van der Waals surface area contributed by atoms with Crippen LogP contribution in [0.3, 0.4) is 0 Å². The molecule has 1 aliphatic heterocycles. The Balaban J connectivity index is 1.91. The summed E-state index contributed by atoms with van der Waals surface area (Å²) in [6.45, 7) is 4.03. The molecule has 0 atom stereocenters. The van der Waals surface area contributed by atoms with Gasteiger partial charge in [-0.1, -0.05) is 12.1 Å². The third-order valence-corrected chi connectivity index (χ3v) is 4.42. The molecule has 4 rings (SSSR count). The molecule has 118 valence electrons. The van der Waals surface area contributed by atoms with Gasteiger partial charge in [-0.2, -0.15) is 0 Å². The van der Waals surface area contributed by atoms with E-state index >= 15 is 0 Å². The van der Waals surface area contributed by atoms with E-state index in [1.165, 1.54) is 28.1 Å². The van der Waals surface area contributed by atoms with Crippen molar-refractivity contribution in [3.63, 3.8) is 0 Å². The van der Waals surface area contributed by atoms with Gasteiger partial charge in [0, 0.05) is 30.5 Å². The molecule has 4 heteroatoms. The van der Waals surface area contributed by atoms with Crippen LogP contribution in [0.5, 0.6) is 0 Å². The molecule has 0 saturated carbocycles. The topological polar surface area (TPSA) is 32.6 Å². The van der Waals surface area contributed by atoms with Gasteiger partial charge in [-0.3, -0.25) is 0 Å². The number of imidazole rings is 1. The summed E-state index contributed by atoms with van der Waals surface area (Å²) >= 11 is 0. The molecule has 0 aliphatic carbocycles. The number of nitrogens with zero attached hydrogens (tertiary/aromatic N) is 3. The molecular weight excluding hydrogens is 284 g/mol. The average Bonchev–Trinajstić information content (AvgIpc) is 3.11. The van der Waals surface area contributed by atoms with Crippen molar-refractivity contribution in [1.29, 1.82) is 0 Å². The van der Waals surface area contributed by atoms with Gasteiger partial charge < -0.3 is 14.6 Å². The van der Waals surface area contributed by atoms with Gasteiger partial charge in [-0.05, 0) is 56.8 Å². The van der Waals surface area contributed by atoms with Crippen LogP contribution in [0.15, 0.2) is 36.5 Å². The van der Waals surface area contributed by atoms with E-state index < -0.39 is 0 Å². The minimum Gasteiger partial charge on any atom is -0.384 e. The summed E-state index contributed by atoms with van der Waals surface area (Å²) in [7, 11) is 4.21. The predicted octanol–water partition coefficient (Wildman–Crippen LogP) is 3.34. The van der Waals surface area contributed by atoms with E-state index in [2.05, 4.69) is 72.2 Å². The molecule has 1 aromatic carbocycles. The van der Waals surface area contributed by atoms with Gasteiger partial charge >= 0.3 is 0 Å². The number of anilines is 1. The Morgan fingerprint density at radius 1 is 1.22 bits per heavy atom. The van der Waals surface area contributed by atoms with Crippen molar-refractivity contribution < 1.29 is 0 Å². The minimum absolute atomic E-state index is 0.870. The summed E-state index contributed by atoms with van der Waals surface area (Å²) < 4.78 is 2.23. The zero-order valence-corrected chi connectivity index (χ0v) is 13.9. The molecular formula is C19H22N4. The first-order valence-corrected chi connectivity index (χ1v) is 8.11. The van der Waals surface area contributed by atoms with Gasteiger partial charge in [-0.25, -0.2) is 4.98 Å². The van der Waals surface area contributed by atoms with E-state index in [9.17, 15) is 0 Å². The third-order valence-electron chi connectivity index (χ3n) is 4.42. The van der Waals surface area contributed by atoms with Crippen molar-refractivity contribution in [2.45, 2.75) is 19.9 Å². The van der Waals surface area contributed by atoms with Crippen LogP contribution in [-0.4, -0.2) is 34.9 Å². The Kier molecular flexibility index (Phi) is 3.34. The third kappa shape index (κ3) is 2.49. The summed E-state index contributed by atoms with van der Waals surface area (Å²) in [4.78, 5) is 7.12. The molecule has 2 aromatic heterocycles. The molecule has 0 bridgehead atoms. The maximum absolute atomic E-state index is 4.92. The van der Waals surface area contributed by atoms with E-state index in [1.807, 2.05) is 0 Å². The molecule has 1 aliphatic rings. The predicted molar refractivity (Wildman–Crippen MR) is 94.9 cm³/mol. The van der Waals surface area contributed by atoms with Crippen LogP contribution < -0.4 is 5.32 Å². The molecule has 1 N–H and O–H groups in total. The minimum atomic E-state index is 0.870. The van der Waals surface area contributed by atoms with E-state index in [-0.39, 0.29) is 0 Å². The number of aromatic nitrogens is 2. The summed E-state index contributed by atoms with van der Waals surface area (Å²) in [5.74, 6) is 0. The Morgan fingerprint density at radius 2 is 2.09 bits per heavy atom. The largest absolute Gasteiger partial charge is 0.384 e. The fourth-order valence-corrected chi connectivity index (χ4v) is 3.33. The monoisotopic (exact) mass is 306 g/mol. The molecule has 23 heavy (non-hydrogen) atoms. The van der Waals surface area contributed by atoms with Crippen LogP contribution in [0.4, 0.5) is 5.69 Å². The van der Waals surface area contributed by atoms with Gasteiger partial charge in [0.15, 0.2) is 0 Å². The highest BCUT2D eigenvalue weighted by molar-refractivity contribution is 5.71. The number of rotatable bonds is 3. The second-order valence-corrected chi connectivity index (χ2v) is 6.63. The number of benzene rings is 1. The first kappa shape index (κ1) is 14.3. The molecule has 0 unspecified atom stereocenters. The Morgan fingerprint density at radius 3 is 2.91 bits per heavy atom. The van der Waals surface area contributed by atoms with Crippen LogP contribution in [0.2, 0.25) is 0 Å². The van der Waals surface area contributed by atoms with Crippen molar-refractivity contribution >= 4 is 11.3 Å². The van der Waals surface area contributed by atoms with Gasteiger partial charge in [-0.15, -0.1) is 0 Å². The normalized spacial score (nSPS) is 13.6. The van der Waals surface area contributed by atoms with Crippen LogP contribution in [-0.2, 0) is 13.0 Å². The van der Waals surface area contributed by atoms with Crippen LogP contribution in [0, 0.1) is 6.92 Å². The summed E-state index contributed by atoms with van der Waals surface area (Å²) in [6, 6.07) is 10.9. The fourth-order valence-electron chi connectivity index (χ4n) is 3.33. The van der Waals surface area contributed by atoms with Gasteiger partial charge in [0.2, 0.25) is 0 Å². The van der Waals surface area contributed by atoms with Crippen LogP contribution in [0.25, 0.3) is 16.9 Å². The molecule has 4 nitrogen and oxygen atoms in total. The summed E-state index contributed by atoms with van der Waals surface area (Å²) in [6.07, 6.45) is 3.28. The maximum Gasteiger partial charge on any atom is 0.137 e. The number of aryl methyl sites for hydroxylation is 1. The lowest BCUT2D eigenvalue weighted by Gasteiger charge is -2.12. The highest BCUT2D eigenvalue weighted by atomic mass is 15.1. The number of hydrogen-bond acceptors (Lipinski definition) is 3. The first-order valence-electron chi connectivity index (χ1n) is 8.11. The number of nitrogens with one attached hydrogen (secondary N) is 1. The molecule has 3 aromatic rings. The van der Waals surface area contributed by atoms with Crippen molar-refractivity contribution in [2.24, 2.45) is 0 Å². The average molecular weight is 306 g/mol. The lowest BCUT2D eigenvalue weighted by atomic mass is 10.0. The van der Waals surface area contributed by atoms with E-state index in [0.29, 0.717) is 0 Å². The zero-order valence-electron chi connectivity index (χ0n) is 13.9. The molecule has 0 amide bonds. The number of pyridine rings is 1. The Bertz CT molecular complexity index is 876. The van der Waals surface area contributed by atoms with E-state index in [1.54, 1.807) is 0 Å². The van der Waals surface area contributed by atoms with E-state index in [4.69, 9.17) is 4.98 Å². The highest BCUT2D eigenvalue weighted by Gasteiger charge is 2.17. The Labute approximate surface area is 136 Å². The Hall–Kier alpha value is -2.33. The second-order valence-electron chi connectivity index (χ2n) is 6.63. The second kappa shape index (κ2) is 5.39. The summed E-state index contributed by atoms with van der Waals surface area (Å²) in [5, 5.41) is 3.43. The van der Waals surface area contributed by atoms with Crippen molar-refractivity contribution in [2.75, 3.05) is 26.0 Å². The molecule has 0 saturated heterocycles. The quantitative estimate of drug-likeness (QED) is 0.805. The lowest BCUT2D eigenvalue weighted by Crippen LogP contribution is -2.13. The molecule has 0 fully saturated rings. The van der Waals surface area contributed by atoms with Crippen LogP contribution >= 0.6 is 0 Å². The fraction of sp³-hybridized carbons (Fsp3) is 0.316. The molecule has 0 spiro atoms. The number of fused-ring (bicyclic) bond motifs is 2. The smallest absolute Gasteiger partial charge is 0.137 e. The van der Waals surface area contributed by atoms with Gasteiger partial charge in [0.05, 0.1) is 11.4 Å². The standard InChI is InChI=1S/C19H22N4/c1-13-4-7-18-21-19(17(12-22(2)3)23(18)11-13)15-5-6-16-14(10-15)8-9-20-16/h4-7,10-11,20H,8-9,12H2,1-3H3. The maximum atomic E-state index is 4.92. The van der Waals surface area contributed by atoms with Crippen molar-refractivity contribution in [3.05, 3.63) is 53.3 Å². The van der Waals surface area contributed by atoms with Gasteiger partial charge in [0.1, 0.15) is 5.65 Å². The lowest BCUT2D eigenvalue weighted by molar-refractivity contribution is 0.396. The zero-order chi connectivity index (χ0) is 16.0.